The van der Waals surface area contributed by atoms with Crippen molar-refractivity contribution >= 4 is 11.6 Å². The lowest BCUT2D eigenvalue weighted by atomic mass is 10.0. The first-order chi connectivity index (χ1) is 8.56. The van der Waals surface area contributed by atoms with Crippen LogP contribution in [0.1, 0.15) is 38.8 Å². The molecule has 0 amide bonds. The number of halogens is 1. The largest absolute Gasteiger partial charge is 0.317 e. The Morgan fingerprint density at radius 2 is 1.83 bits per heavy atom. The number of nitrogens with one attached hydrogen (secondary N) is 1. The molecule has 0 heterocycles. The zero-order valence-corrected chi connectivity index (χ0v) is 12.7. The molecule has 1 N–H and O–H groups in total. The predicted molar refractivity (Wildman–Crippen MR) is 80.3 cm³/mol. The fraction of sp³-hybridized carbons (Fsp3) is 0.600. The van der Waals surface area contributed by atoms with E-state index >= 15 is 0 Å². The quantitative estimate of drug-likeness (QED) is 0.759. The first kappa shape index (κ1) is 15.5. The second-order valence-corrected chi connectivity index (χ2v) is 5.32. The average molecular weight is 269 g/mol. The number of nitrogens with zero attached hydrogens (tertiary/aromatic N) is 1. The standard InChI is InChI=1S/C15H25ClN2/c1-5-17-11-10-12(2)18(4)13(3)14-6-8-15(16)9-7-14/h6-9,12-13,17H,5,10-11H2,1-4H3. The third-order valence-corrected chi connectivity index (χ3v) is 3.90. The van der Waals surface area contributed by atoms with Crippen LogP contribution in [-0.4, -0.2) is 31.1 Å². The molecular formula is C15H25ClN2. The minimum absolute atomic E-state index is 0.416. The van der Waals surface area contributed by atoms with E-state index in [4.69, 9.17) is 11.6 Å². The number of rotatable bonds is 7. The molecule has 2 atom stereocenters. The molecule has 0 saturated carbocycles. The van der Waals surface area contributed by atoms with E-state index in [1.165, 1.54) is 12.0 Å². The fourth-order valence-corrected chi connectivity index (χ4v) is 2.18. The summed E-state index contributed by atoms with van der Waals surface area (Å²) in [4.78, 5) is 2.42. The van der Waals surface area contributed by atoms with Gasteiger partial charge in [0.25, 0.3) is 0 Å². The molecule has 1 rings (SSSR count). The van der Waals surface area contributed by atoms with Gasteiger partial charge in [0.05, 0.1) is 0 Å². The molecule has 0 aliphatic heterocycles. The van der Waals surface area contributed by atoms with Gasteiger partial charge in [-0.2, -0.15) is 0 Å². The lowest BCUT2D eigenvalue weighted by Crippen LogP contribution is -2.34. The van der Waals surface area contributed by atoms with Crippen molar-refractivity contribution in [2.45, 2.75) is 39.3 Å². The van der Waals surface area contributed by atoms with E-state index in [-0.39, 0.29) is 0 Å². The van der Waals surface area contributed by atoms with Crippen molar-refractivity contribution in [1.82, 2.24) is 10.2 Å². The van der Waals surface area contributed by atoms with Crippen LogP contribution in [0.5, 0.6) is 0 Å². The minimum Gasteiger partial charge on any atom is -0.317 e. The highest BCUT2D eigenvalue weighted by Gasteiger charge is 2.16. The van der Waals surface area contributed by atoms with Crippen molar-refractivity contribution in [2.24, 2.45) is 0 Å². The number of hydrogen-bond acceptors (Lipinski definition) is 2. The van der Waals surface area contributed by atoms with Crippen molar-refractivity contribution < 1.29 is 0 Å². The van der Waals surface area contributed by atoms with E-state index < -0.39 is 0 Å². The molecule has 1 aromatic rings. The second-order valence-electron chi connectivity index (χ2n) is 4.88. The van der Waals surface area contributed by atoms with Crippen LogP contribution in [0.3, 0.4) is 0 Å². The number of hydrogen-bond donors (Lipinski definition) is 1. The van der Waals surface area contributed by atoms with Crippen LogP contribution in [0.25, 0.3) is 0 Å². The summed E-state index contributed by atoms with van der Waals surface area (Å²) in [7, 11) is 2.19. The molecule has 0 aliphatic rings. The van der Waals surface area contributed by atoms with Gasteiger partial charge in [0, 0.05) is 17.1 Å². The molecule has 0 radical (unpaired) electrons. The van der Waals surface area contributed by atoms with Crippen LogP contribution in [0.4, 0.5) is 0 Å². The van der Waals surface area contributed by atoms with Crippen LogP contribution >= 0.6 is 11.6 Å². The Kier molecular flexibility index (Phi) is 6.69. The normalized spacial score (nSPS) is 14.8. The monoisotopic (exact) mass is 268 g/mol. The van der Waals surface area contributed by atoms with Crippen molar-refractivity contribution in [3.63, 3.8) is 0 Å². The summed E-state index contributed by atoms with van der Waals surface area (Å²) in [6.45, 7) is 8.79. The summed E-state index contributed by atoms with van der Waals surface area (Å²) >= 11 is 5.92. The van der Waals surface area contributed by atoms with Crippen LogP contribution in [0.15, 0.2) is 24.3 Å². The topological polar surface area (TPSA) is 15.3 Å². The van der Waals surface area contributed by atoms with Gasteiger partial charge in [-0.05, 0) is 58.1 Å². The highest BCUT2D eigenvalue weighted by Crippen LogP contribution is 2.23. The molecule has 3 heteroatoms. The van der Waals surface area contributed by atoms with Crippen molar-refractivity contribution in [3.8, 4) is 0 Å². The first-order valence-electron chi connectivity index (χ1n) is 6.74. The zero-order chi connectivity index (χ0) is 13.5. The van der Waals surface area contributed by atoms with Crippen LogP contribution in [-0.2, 0) is 0 Å². The average Bonchev–Trinajstić information content (AvgIpc) is 2.38. The minimum atomic E-state index is 0.416. The Balaban J connectivity index is 2.54. The number of benzene rings is 1. The molecular weight excluding hydrogens is 244 g/mol. The summed E-state index contributed by atoms with van der Waals surface area (Å²) in [5.74, 6) is 0. The van der Waals surface area contributed by atoms with E-state index in [0.717, 1.165) is 18.1 Å². The van der Waals surface area contributed by atoms with Gasteiger partial charge < -0.3 is 5.32 Å². The van der Waals surface area contributed by atoms with Crippen LogP contribution in [0, 0.1) is 0 Å². The summed E-state index contributed by atoms with van der Waals surface area (Å²) in [6, 6.07) is 9.13. The molecule has 1 aromatic carbocycles. The van der Waals surface area contributed by atoms with Gasteiger partial charge in [-0.3, -0.25) is 4.90 Å². The van der Waals surface area contributed by atoms with E-state index in [1.54, 1.807) is 0 Å². The molecule has 0 aromatic heterocycles. The smallest absolute Gasteiger partial charge is 0.0406 e. The van der Waals surface area contributed by atoms with E-state index in [1.807, 2.05) is 12.1 Å². The lowest BCUT2D eigenvalue weighted by molar-refractivity contribution is 0.188. The van der Waals surface area contributed by atoms with Gasteiger partial charge in [-0.25, -0.2) is 0 Å². The van der Waals surface area contributed by atoms with E-state index in [2.05, 4.69) is 50.2 Å². The predicted octanol–water partition coefficient (Wildman–Crippen LogP) is 3.72. The maximum absolute atomic E-state index is 5.92. The summed E-state index contributed by atoms with van der Waals surface area (Å²) in [5.41, 5.74) is 1.32. The fourth-order valence-electron chi connectivity index (χ4n) is 2.05. The molecule has 0 fully saturated rings. The van der Waals surface area contributed by atoms with Gasteiger partial charge in [0.15, 0.2) is 0 Å². The molecule has 0 spiro atoms. The third kappa shape index (κ3) is 4.60. The molecule has 0 bridgehead atoms. The highest BCUT2D eigenvalue weighted by molar-refractivity contribution is 6.30. The zero-order valence-electron chi connectivity index (χ0n) is 11.9. The Bertz CT molecular complexity index is 337. The van der Waals surface area contributed by atoms with Gasteiger partial charge in [-0.1, -0.05) is 30.7 Å². The van der Waals surface area contributed by atoms with Gasteiger partial charge in [0.2, 0.25) is 0 Å². The Labute approximate surface area is 116 Å². The van der Waals surface area contributed by atoms with Gasteiger partial charge in [-0.15, -0.1) is 0 Å². The first-order valence-corrected chi connectivity index (χ1v) is 7.12. The molecule has 2 unspecified atom stereocenters. The van der Waals surface area contributed by atoms with E-state index in [9.17, 15) is 0 Å². The van der Waals surface area contributed by atoms with Gasteiger partial charge >= 0.3 is 0 Å². The molecule has 18 heavy (non-hydrogen) atoms. The molecule has 0 aliphatic carbocycles. The Hall–Kier alpha value is -0.570. The Morgan fingerprint density at radius 1 is 1.22 bits per heavy atom. The summed E-state index contributed by atoms with van der Waals surface area (Å²) < 4.78 is 0. The summed E-state index contributed by atoms with van der Waals surface area (Å²) in [6.07, 6.45) is 1.17. The van der Waals surface area contributed by atoms with Crippen molar-refractivity contribution in [3.05, 3.63) is 34.9 Å². The van der Waals surface area contributed by atoms with Crippen molar-refractivity contribution in [1.29, 1.82) is 0 Å². The van der Waals surface area contributed by atoms with Crippen LogP contribution in [0.2, 0.25) is 5.02 Å². The van der Waals surface area contributed by atoms with Gasteiger partial charge in [0.1, 0.15) is 0 Å². The third-order valence-electron chi connectivity index (χ3n) is 3.65. The maximum Gasteiger partial charge on any atom is 0.0406 e. The molecule has 102 valence electrons. The maximum atomic E-state index is 5.92. The van der Waals surface area contributed by atoms with E-state index in [0.29, 0.717) is 12.1 Å². The molecule has 2 nitrogen and oxygen atoms in total. The Morgan fingerprint density at radius 3 is 2.39 bits per heavy atom. The summed E-state index contributed by atoms with van der Waals surface area (Å²) in [5, 5.41) is 4.18. The van der Waals surface area contributed by atoms with Crippen molar-refractivity contribution in [2.75, 3.05) is 20.1 Å². The SMILES string of the molecule is CCNCCC(C)N(C)C(C)c1ccc(Cl)cc1. The highest BCUT2D eigenvalue weighted by atomic mass is 35.5. The second kappa shape index (κ2) is 7.78. The van der Waals surface area contributed by atoms with Crippen LogP contribution < -0.4 is 5.32 Å². The molecule has 0 saturated heterocycles. The lowest BCUT2D eigenvalue weighted by Gasteiger charge is -2.31.